The summed E-state index contributed by atoms with van der Waals surface area (Å²) in [7, 11) is 0. The van der Waals surface area contributed by atoms with Crippen LogP contribution in [0.2, 0.25) is 5.15 Å². The van der Waals surface area contributed by atoms with Crippen molar-refractivity contribution in [1.29, 1.82) is 0 Å². The molecule has 1 aromatic carbocycles. The fourth-order valence-electron chi connectivity index (χ4n) is 1.73. The van der Waals surface area contributed by atoms with Crippen molar-refractivity contribution in [3.63, 3.8) is 0 Å². The highest BCUT2D eigenvalue weighted by Crippen LogP contribution is 2.19. The van der Waals surface area contributed by atoms with Gasteiger partial charge in [0, 0.05) is 5.69 Å². The van der Waals surface area contributed by atoms with Gasteiger partial charge >= 0.3 is 0 Å². The van der Waals surface area contributed by atoms with Crippen molar-refractivity contribution >= 4 is 23.2 Å². The SMILES string of the molecule is CC(C)c1ccc(NC(=O)c2cc(F)cnc2Cl)cc1. The number of nitrogens with zero attached hydrogens (tertiary/aromatic N) is 1. The number of pyridine rings is 1. The van der Waals surface area contributed by atoms with Crippen LogP contribution in [-0.2, 0) is 0 Å². The molecule has 20 heavy (non-hydrogen) atoms. The second-order valence-corrected chi connectivity index (χ2v) is 5.08. The van der Waals surface area contributed by atoms with E-state index in [1.54, 1.807) is 12.1 Å². The Hall–Kier alpha value is -1.94. The topological polar surface area (TPSA) is 42.0 Å². The van der Waals surface area contributed by atoms with Crippen LogP contribution in [0.4, 0.5) is 10.1 Å². The summed E-state index contributed by atoms with van der Waals surface area (Å²) in [6.07, 6.45) is 0.969. The standard InChI is InChI=1S/C15H14ClFN2O/c1-9(2)10-3-5-12(6-4-10)19-15(20)13-7-11(17)8-18-14(13)16/h3-9H,1-2H3,(H,19,20). The van der Waals surface area contributed by atoms with Gasteiger partial charge in [0.2, 0.25) is 0 Å². The van der Waals surface area contributed by atoms with E-state index in [4.69, 9.17) is 11.6 Å². The number of hydrogen-bond donors (Lipinski definition) is 1. The normalized spacial score (nSPS) is 10.7. The summed E-state index contributed by atoms with van der Waals surface area (Å²) >= 11 is 5.79. The van der Waals surface area contributed by atoms with E-state index in [2.05, 4.69) is 24.1 Å². The number of aromatic nitrogens is 1. The molecule has 0 spiro atoms. The minimum absolute atomic E-state index is 0.0135. The third-order valence-electron chi connectivity index (χ3n) is 2.89. The molecule has 1 aromatic heterocycles. The maximum absolute atomic E-state index is 13.1. The van der Waals surface area contributed by atoms with Crippen LogP contribution in [0.3, 0.4) is 0 Å². The van der Waals surface area contributed by atoms with E-state index in [1.807, 2.05) is 12.1 Å². The van der Waals surface area contributed by atoms with Gasteiger partial charge in [-0.1, -0.05) is 37.6 Å². The van der Waals surface area contributed by atoms with E-state index in [-0.39, 0.29) is 10.7 Å². The molecule has 0 fully saturated rings. The van der Waals surface area contributed by atoms with Crippen LogP contribution in [0.5, 0.6) is 0 Å². The lowest BCUT2D eigenvalue weighted by Crippen LogP contribution is -2.13. The largest absolute Gasteiger partial charge is 0.322 e. The number of halogens is 2. The molecule has 0 aliphatic rings. The molecule has 0 aliphatic heterocycles. The summed E-state index contributed by atoms with van der Waals surface area (Å²) in [6, 6.07) is 8.53. The first-order chi connectivity index (χ1) is 9.47. The van der Waals surface area contributed by atoms with E-state index in [0.717, 1.165) is 12.3 Å². The Morgan fingerprint density at radius 1 is 1.30 bits per heavy atom. The summed E-state index contributed by atoms with van der Waals surface area (Å²) in [4.78, 5) is 15.6. The lowest BCUT2D eigenvalue weighted by molar-refractivity contribution is 0.102. The first kappa shape index (κ1) is 14.5. The first-order valence-corrected chi connectivity index (χ1v) is 6.57. The molecular formula is C15H14ClFN2O. The Labute approximate surface area is 121 Å². The maximum Gasteiger partial charge on any atom is 0.258 e. The average Bonchev–Trinajstić information content (AvgIpc) is 2.42. The third-order valence-corrected chi connectivity index (χ3v) is 3.19. The van der Waals surface area contributed by atoms with Gasteiger partial charge in [-0.3, -0.25) is 4.79 Å². The number of carbonyl (C=O) groups excluding carboxylic acids is 1. The van der Waals surface area contributed by atoms with Gasteiger partial charge in [0.05, 0.1) is 11.8 Å². The van der Waals surface area contributed by atoms with Gasteiger partial charge in [0.1, 0.15) is 11.0 Å². The quantitative estimate of drug-likeness (QED) is 0.859. The van der Waals surface area contributed by atoms with E-state index < -0.39 is 11.7 Å². The van der Waals surface area contributed by atoms with Crippen molar-refractivity contribution < 1.29 is 9.18 Å². The Bertz CT molecular complexity index is 626. The van der Waals surface area contributed by atoms with Gasteiger partial charge in [0.25, 0.3) is 5.91 Å². The highest BCUT2D eigenvalue weighted by atomic mass is 35.5. The fraction of sp³-hybridized carbons (Fsp3) is 0.200. The number of hydrogen-bond acceptors (Lipinski definition) is 2. The summed E-state index contributed by atoms with van der Waals surface area (Å²) in [5.41, 5.74) is 1.81. The highest BCUT2D eigenvalue weighted by Gasteiger charge is 2.13. The van der Waals surface area contributed by atoms with Crippen LogP contribution < -0.4 is 5.32 Å². The zero-order valence-electron chi connectivity index (χ0n) is 11.2. The fourth-order valence-corrected chi connectivity index (χ4v) is 1.92. The van der Waals surface area contributed by atoms with Crippen molar-refractivity contribution in [2.45, 2.75) is 19.8 Å². The molecule has 104 valence electrons. The molecule has 0 bridgehead atoms. The van der Waals surface area contributed by atoms with E-state index in [0.29, 0.717) is 11.6 Å². The van der Waals surface area contributed by atoms with Crippen molar-refractivity contribution in [3.05, 3.63) is 58.6 Å². The molecule has 0 saturated heterocycles. The van der Waals surface area contributed by atoms with E-state index in [1.165, 1.54) is 5.56 Å². The van der Waals surface area contributed by atoms with Gasteiger partial charge in [0.15, 0.2) is 0 Å². The number of nitrogens with one attached hydrogen (secondary N) is 1. The predicted molar refractivity (Wildman–Crippen MR) is 77.7 cm³/mol. The molecule has 0 aliphatic carbocycles. The van der Waals surface area contributed by atoms with Gasteiger partial charge in [-0.05, 0) is 29.7 Å². The molecular weight excluding hydrogens is 279 g/mol. The molecule has 2 rings (SSSR count). The first-order valence-electron chi connectivity index (χ1n) is 6.19. The number of benzene rings is 1. The zero-order valence-corrected chi connectivity index (χ0v) is 11.9. The van der Waals surface area contributed by atoms with Crippen molar-refractivity contribution in [1.82, 2.24) is 4.98 Å². The summed E-state index contributed by atoms with van der Waals surface area (Å²) in [5, 5.41) is 2.64. The van der Waals surface area contributed by atoms with Crippen LogP contribution >= 0.6 is 11.6 Å². The molecule has 0 unspecified atom stereocenters. The van der Waals surface area contributed by atoms with Gasteiger partial charge in [-0.2, -0.15) is 0 Å². The monoisotopic (exact) mass is 292 g/mol. The second kappa shape index (κ2) is 6.01. The van der Waals surface area contributed by atoms with Crippen LogP contribution in [0, 0.1) is 5.82 Å². The molecule has 0 atom stereocenters. The predicted octanol–water partition coefficient (Wildman–Crippen LogP) is 4.25. The van der Waals surface area contributed by atoms with E-state index in [9.17, 15) is 9.18 Å². The lowest BCUT2D eigenvalue weighted by Gasteiger charge is -2.09. The lowest BCUT2D eigenvalue weighted by atomic mass is 10.0. The minimum Gasteiger partial charge on any atom is -0.322 e. The Morgan fingerprint density at radius 3 is 2.55 bits per heavy atom. The summed E-state index contributed by atoms with van der Waals surface area (Å²) < 4.78 is 13.1. The van der Waals surface area contributed by atoms with Crippen LogP contribution in [0.25, 0.3) is 0 Å². The summed E-state index contributed by atoms with van der Waals surface area (Å²) in [5.74, 6) is -0.671. The van der Waals surface area contributed by atoms with Crippen molar-refractivity contribution in [2.24, 2.45) is 0 Å². The number of rotatable bonds is 3. The number of amides is 1. The molecule has 5 heteroatoms. The minimum atomic E-state index is -0.602. The molecule has 3 nitrogen and oxygen atoms in total. The van der Waals surface area contributed by atoms with Gasteiger partial charge in [-0.25, -0.2) is 9.37 Å². The number of carbonyl (C=O) groups is 1. The van der Waals surface area contributed by atoms with Crippen molar-refractivity contribution in [2.75, 3.05) is 5.32 Å². The highest BCUT2D eigenvalue weighted by molar-refractivity contribution is 6.33. The third kappa shape index (κ3) is 3.33. The van der Waals surface area contributed by atoms with Crippen LogP contribution in [0.1, 0.15) is 35.7 Å². The average molecular weight is 293 g/mol. The van der Waals surface area contributed by atoms with Crippen LogP contribution in [-0.4, -0.2) is 10.9 Å². The van der Waals surface area contributed by atoms with E-state index >= 15 is 0 Å². The van der Waals surface area contributed by atoms with Crippen LogP contribution in [0.15, 0.2) is 36.5 Å². The zero-order chi connectivity index (χ0) is 14.7. The molecule has 1 N–H and O–H groups in total. The molecule has 1 heterocycles. The smallest absolute Gasteiger partial charge is 0.258 e. The van der Waals surface area contributed by atoms with Gasteiger partial charge in [-0.15, -0.1) is 0 Å². The molecule has 2 aromatic rings. The Balaban J connectivity index is 2.17. The Kier molecular flexibility index (Phi) is 4.35. The summed E-state index contributed by atoms with van der Waals surface area (Å²) in [6.45, 7) is 4.18. The number of anilines is 1. The molecule has 0 saturated carbocycles. The maximum atomic E-state index is 13.1. The van der Waals surface area contributed by atoms with Crippen molar-refractivity contribution in [3.8, 4) is 0 Å². The van der Waals surface area contributed by atoms with Gasteiger partial charge < -0.3 is 5.32 Å². The Morgan fingerprint density at radius 2 is 1.95 bits per heavy atom. The second-order valence-electron chi connectivity index (χ2n) is 4.72. The molecule has 0 radical (unpaired) electrons. The molecule has 1 amide bonds.